The summed E-state index contributed by atoms with van der Waals surface area (Å²) in [5.41, 5.74) is 8.61. The van der Waals surface area contributed by atoms with E-state index in [0.29, 0.717) is 0 Å². The molecule has 0 saturated carbocycles. The summed E-state index contributed by atoms with van der Waals surface area (Å²) in [5, 5.41) is 3.63. The molecule has 2 nitrogen and oxygen atoms in total. The van der Waals surface area contributed by atoms with Crippen molar-refractivity contribution in [3.63, 3.8) is 0 Å². The molecule has 0 aliphatic heterocycles. The van der Waals surface area contributed by atoms with E-state index < -0.39 is 0 Å². The van der Waals surface area contributed by atoms with Gasteiger partial charge < -0.3 is 10.3 Å². The minimum absolute atomic E-state index is 0.202. The van der Waals surface area contributed by atoms with Crippen LogP contribution in [0.1, 0.15) is 18.2 Å². The lowest BCUT2D eigenvalue weighted by Gasteiger charge is -2.10. The monoisotopic (exact) mass is 270 g/mol. The Kier molecular flexibility index (Phi) is 3.40. The first-order valence-electron chi connectivity index (χ1n) is 6.59. The predicted octanol–water partition coefficient (Wildman–Crippen LogP) is 3.64. The number of hydrogen-bond acceptors (Lipinski definition) is 2. The van der Waals surface area contributed by atoms with E-state index in [-0.39, 0.29) is 6.04 Å². The van der Waals surface area contributed by atoms with Gasteiger partial charge in [-0.2, -0.15) is 0 Å². The molecule has 1 atom stereocenters. The molecule has 0 saturated heterocycles. The van der Waals surface area contributed by atoms with Crippen molar-refractivity contribution in [1.29, 1.82) is 0 Å². The van der Waals surface area contributed by atoms with E-state index in [0.717, 1.165) is 13.0 Å². The van der Waals surface area contributed by atoms with E-state index in [1.165, 1.54) is 21.3 Å². The van der Waals surface area contributed by atoms with Crippen LogP contribution in [0.4, 0.5) is 0 Å². The van der Waals surface area contributed by atoms with E-state index in [2.05, 4.69) is 59.5 Å². The van der Waals surface area contributed by atoms with Crippen molar-refractivity contribution in [1.82, 2.24) is 4.57 Å². The third-order valence-corrected chi connectivity index (χ3v) is 4.37. The Morgan fingerprint density at radius 1 is 1.21 bits per heavy atom. The second-order valence-electron chi connectivity index (χ2n) is 5.07. The molecule has 19 heavy (non-hydrogen) atoms. The van der Waals surface area contributed by atoms with E-state index in [4.69, 9.17) is 5.73 Å². The average Bonchev–Trinajstić information content (AvgIpc) is 2.98. The highest BCUT2D eigenvalue weighted by Gasteiger charge is 2.07. The standard InChI is InChI=1S/C16H18N2S/c1-12(17)9-14-5-4-8-18(14)10-13-11-19-16-7-3-2-6-15(13)16/h2-8,11-12H,9-10,17H2,1H3. The maximum Gasteiger partial charge on any atom is 0.0487 e. The summed E-state index contributed by atoms with van der Waals surface area (Å²) in [6.45, 7) is 2.98. The van der Waals surface area contributed by atoms with Crippen LogP contribution >= 0.6 is 11.3 Å². The highest BCUT2D eigenvalue weighted by molar-refractivity contribution is 7.17. The van der Waals surface area contributed by atoms with Crippen LogP contribution in [0.25, 0.3) is 10.1 Å². The second kappa shape index (κ2) is 5.19. The Bertz CT molecular complexity index is 679. The third-order valence-electron chi connectivity index (χ3n) is 3.36. The summed E-state index contributed by atoms with van der Waals surface area (Å²) in [7, 11) is 0. The van der Waals surface area contributed by atoms with Crippen molar-refractivity contribution < 1.29 is 0 Å². The van der Waals surface area contributed by atoms with Crippen LogP contribution in [0.15, 0.2) is 48.0 Å². The summed E-state index contributed by atoms with van der Waals surface area (Å²) in [6.07, 6.45) is 3.07. The van der Waals surface area contributed by atoms with Gasteiger partial charge in [0.2, 0.25) is 0 Å². The molecule has 0 radical (unpaired) electrons. The van der Waals surface area contributed by atoms with Gasteiger partial charge in [-0.3, -0.25) is 0 Å². The lowest BCUT2D eigenvalue weighted by atomic mass is 10.1. The van der Waals surface area contributed by atoms with Gasteiger partial charge in [0.25, 0.3) is 0 Å². The zero-order chi connectivity index (χ0) is 13.2. The third kappa shape index (κ3) is 2.57. The number of hydrogen-bond donors (Lipinski definition) is 1. The first-order valence-corrected chi connectivity index (χ1v) is 7.46. The summed E-state index contributed by atoms with van der Waals surface area (Å²) in [5.74, 6) is 0. The molecule has 0 aliphatic carbocycles. The number of aromatic nitrogens is 1. The van der Waals surface area contributed by atoms with Gasteiger partial charge in [-0.15, -0.1) is 11.3 Å². The molecule has 0 bridgehead atoms. The van der Waals surface area contributed by atoms with Crippen LogP contribution in [-0.2, 0) is 13.0 Å². The highest BCUT2D eigenvalue weighted by Crippen LogP contribution is 2.26. The molecule has 0 amide bonds. The summed E-state index contributed by atoms with van der Waals surface area (Å²) in [6, 6.07) is 13.1. The molecule has 2 heterocycles. The Balaban J connectivity index is 1.91. The molecule has 2 N–H and O–H groups in total. The van der Waals surface area contributed by atoms with Crippen molar-refractivity contribution in [2.24, 2.45) is 5.73 Å². The van der Waals surface area contributed by atoms with Gasteiger partial charge in [-0.1, -0.05) is 18.2 Å². The number of nitrogens with zero attached hydrogens (tertiary/aromatic N) is 1. The molecule has 3 rings (SSSR count). The molecule has 0 spiro atoms. The van der Waals surface area contributed by atoms with Crippen LogP contribution < -0.4 is 5.73 Å². The lowest BCUT2D eigenvalue weighted by molar-refractivity contribution is 0.668. The van der Waals surface area contributed by atoms with Gasteiger partial charge >= 0.3 is 0 Å². The maximum absolute atomic E-state index is 5.91. The predicted molar refractivity (Wildman–Crippen MR) is 82.7 cm³/mol. The fraction of sp³-hybridized carbons (Fsp3) is 0.250. The molecule has 0 aliphatic rings. The second-order valence-corrected chi connectivity index (χ2v) is 5.98. The van der Waals surface area contributed by atoms with Crippen molar-refractivity contribution >= 4 is 21.4 Å². The van der Waals surface area contributed by atoms with Gasteiger partial charge in [0.15, 0.2) is 0 Å². The topological polar surface area (TPSA) is 30.9 Å². The molecule has 98 valence electrons. The average molecular weight is 270 g/mol. The van der Waals surface area contributed by atoms with Crippen LogP contribution in [0.3, 0.4) is 0 Å². The van der Waals surface area contributed by atoms with Crippen molar-refractivity contribution in [2.45, 2.75) is 25.9 Å². The summed E-state index contributed by atoms with van der Waals surface area (Å²) in [4.78, 5) is 0. The Labute approximate surface area is 117 Å². The molecule has 3 aromatic rings. The van der Waals surface area contributed by atoms with Gasteiger partial charge in [-0.25, -0.2) is 0 Å². The van der Waals surface area contributed by atoms with E-state index in [9.17, 15) is 0 Å². The molecule has 1 aromatic carbocycles. The number of thiophene rings is 1. The maximum atomic E-state index is 5.91. The molecular formula is C16H18N2S. The van der Waals surface area contributed by atoms with Crippen molar-refractivity contribution in [3.05, 3.63) is 59.2 Å². The van der Waals surface area contributed by atoms with Gasteiger partial charge in [0, 0.05) is 35.6 Å². The van der Waals surface area contributed by atoms with Crippen molar-refractivity contribution in [2.75, 3.05) is 0 Å². The molecule has 0 fully saturated rings. The zero-order valence-electron chi connectivity index (χ0n) is 11.0. The lowest BCUT2D eigenvalue weighted by Crippen LogP contribution is -2.20. The van der Waals surface area contributed by atoms with E-state index in [1.54, 1.807) is 0 Å². The summed E-state index contributed by atoms with van der Waals surface area (Å²) < 4.78 is 3.66. The van der Waals surface area contributed by atoms with Gasteiger partial charge in [0.1, 0.15) is 0 Å². The fourth-order valence-corrected chi connectivity index (χ4v) is 3.41. The zero-order valence-corrected chi connectivity index (χ0v) is 11.9. The number of benzene rings is 1. The van der Waals surface area contributed by atoms with E-state index in [1.807, 2.05) is 11.3 Å². The van der Waals surface area contributed by atoms with Gasteiger partial charge in [0.05, 0.1) is 0 Å². The highest BCUT2D eigenvalue weighted by atomic mass is 32.1. The Hall–Kier alpha value is -1.58. The van der Waals surface area contributed by atoms with Crippen LogP contribution in [0.2, 0.25) is 0 Å². The molecular weight excluding hydrogens is 252 g/mol. The molecule has 1 unspecified atom stereocenters. The minimum atomic E-state index is 0.202. The van der Waals surface area contributed by atoms with E-state index >= 15 is 0 Å². The SMILES string of the molecule is CC(N)Cc1cccn1Cc1csc2ccccc12. The van der Waals surface area contributed by atoms with Crippen LogP contribution in [0.5, 0.6) is 0 Å². The first kappa shape index (κ1) is 12.5. The quantitative estimate of drug-likeness (QED) is 0.771. The van der Waals surface area contributed by atoms with Crippen LogP contribution in [-0.4, -0.2) is 10.6 Å². The smallest absolute Gasteiger partial charge is 0.0487 e. The Morgan fingerprint density at radius 3 is 2.89 bits per heavy atom. The van der Waals surface area contributed by atoms with Gasteiger partial charge in [-0.05, 0) is 41.5 Å². The normalized spacial score (nSPS) is 12.9. The number of nitrogens with two attached hydrogens (primary N) is 1. The van der Waals surface area contributed by atoms with Crippen molar-refractivity contribution in [3.8, 4) is 0 Å². The Morgan fingerprint density at radius 2 is 2.05 bits per heavy atom. The molecule has 2 aromatic heterocycles. The fourth-order valence-electron chi connectivity index (χ4n) is 2.46. The summed E-state index contributed by atoms with van der Waals surface area (Å²) >= 11 is 1.82. The number of fused-ring (bicyclic) bond motifs is 1. The van der Waals surface area contributed by atoms with Crippen LogP contribution in [0, 0.1) is 0 Å². The first-order chi connectivity index (χ1) is 9.24. The number of rotatable bonds is 4. The molecule has 3 heteroatoms. The largest absolute Gasteiger partial charge is 0.347 e. The minimum Gasteiger partial charge on any atom is -0.347 e.